The van der Waals surface area contributed by atoms with Crippen molar-refractivity contribution in [2.75, 3.05) is 11.9 Å². The van der Waals surface area contributed by atoms with Crippen LogP contribution in [0.15, 0.2) is 18.2 Å². The molecule has 0 aliphatic heterocycles. The third-order valence-electron chi connectivity index (χ3n) is 3.41. The van der Waals surface area contributed by atoms with E-state index in [2.05, 4.69) is 22.1 Å². The van der Waals surface area contributed by atoms with Gasteiger partial charge in [-0.25, -0.2) is 13.8 Å². The van der Waals surface area contributed by atoms with Gasteiger partial charge in [0.25, 0.3) is 0 Å². The Morgan fingerprint density at radius 3 is 2.81 bits per heavy atom. The molecular formula is C15H17F2N3O. The smallest absolute Gasteiger partial charge is 0.248 e. The van der Waals surface area contributed by atoms with Crippen LogP contribution in [0.2, 0.25) is 0 Å². The van der Waals surface area contributed by atoms with Crippen LogP contribution in [0, 0.1) is 17.8 Å². The van der Waals surface area contributed by atoms with Gasteiger partial charge < -0.3 is 11.1 Å². The van der Waals surface area contributed by atoms with E-state index in [4.69, 9.17) is 5.73 Å². The zero-order chi connectivity index (χ0) is 15.3. The van der Waals surface area contributed by atoms with Crippen LogP contribution in [0.5, 0.6) is 0 Å². The first-order valence-electron chi connectivity index (χ1n) is 6.85. The molecule has 0 radical (unpaired) electrons. The zero-order valence-electron chi connectivity index (χ0n) is 11.5. The van der Waals surface area contributed by atoms with Gasteiger partial charge in [0.15, 0.2) is 0 Å². The Kier molecular flexibility index (Phi) is 4.86. The maximum absolute atomic E-state index is 13.1. The van der Waals surface area contributed by atoms with Crippen molar-refractivity contribution < 1.29 is 13.6 Å². The van der Waals surface area contributed by atoms with Crippen LogP contribution in [-0.2, 0) is 4.79 Å². The average Bonchev–Trinajstić information content (AvgIpc) is 2.45. The Labute approximate surface area is 122 Å². The predicted molar refractivity (Wildman–Crippen MR) is 75.7 cm³/mol. The average molecular weight is 293 g/mol. The minimum absolute atomic E-state index is 0.200. The Balaban J connectivity index is 1.97. The highest BCUT2D eigenvalue weighted by molar-refractivity contribution is 5.91. The number of nitrogens with two attached hydrogens (primary N) is 1. The number of carbonyl (C=O) groups excluding carboxylic acids is 1. The van der Waals surface area contributed by atoms with Crippen LogP contribution in [0.1, 0.15) is 31.4 Å². The fraction of sp³-hybridized carbons (Fsp3) is 0.467. The van der Waals surface area contributed by atoms with E-state index >= 15 is 0 Å². The molecule has 1 amide bonds. The standard InChI is InChI=1S/C15H17F2N3O/c16-15(17)8-6-11(7-9-15)14(21)20-13-5-1-3-12(19-13)4-2-10-18/h1,3,5,11H,6-10,18H2,(H,19,20,21). The van der Waals surface area contributed by atoms with Crippen molar-refractivity contribution in [2.24, 2.45) is 11.7 Å². The number of aromatic nitrogens is 1. The Morgan fingerprint density at radius 2 is 2.14 bits per heavy atom. The molecule has 1 aliphatic carbocycles. The van der Waals surface area contributed by atoms with Crippen LogP contribution < -0.4 is 11.1 Å². The number of hydrogen-bond donors (Lipinski definition) is 2. The first kappa shape index (κ1) is 15.4. The van der Waals surface area contributed by atoms with Gasteiger partial charge in [0.2, 0.25) is 11.8 Å². The largest absolute Gasteiger partial charge is 0.320 e. The first-order chi connectivity index (χ1) is 10.00. The summed E-state index contributed by atoms with van der Waals surface area (Å²) in [5.74, 6) is 2.55. The van der Waals surface area contributed by atoms with E-state index in [1.165, 1.54) is 0 Å². The number of nitrogens with zero attached hydrogens (tertiary/aromatic N) is 1. The lowest BCUT2D eigenvalue weighted by molar-refractivity contribution is -0.124. The highest BCUT2D eigenvalue weighted by Crippen LogP contribution is 2.36. The molecule has 1 aromatic heterocycles. The Hall–Kier alpha value is -2.00. The van der Waals surface area contributed by atoms with Crippen LogP contribution in [0.4, 0.5) is 14.6 Å². The summed E-state index contributed by atoms with van der Waals surface area (Å²) in [6.45, 7) is 0.231. The van der Waals surface area contributed by atoms with E-state index in [9.17, 15) is 13.6 Å². The number of rotatable bonds is 2. The van der Waals surface area contributed by atoms with Gasteiger partial charge in [0.05, 0.1) is 6.54 Å². The third-order valence-corrected chi connectivity index (χ3v) is 3.41. The van der Waals surface area contributed by atoms with Crippen molar-refractivity contribution in [2.45, 2.75) is 31.6 Å². The minimum Gasteiger partial charge on any atom is -0.320 e. The number of halogens is 2. The van der Waals surface area contributed by atoms with Gasteiger partial charge in [-0.05, 0) is 30.9 Å². The summed E-state index contributed by atoms with van der Waals surface area (Å²) < 4.78 is 26.1. The molecule has 0 saturated heterocycles. The molecule has 4 nitrogen and oxygen atoms in total. The number of alkyl halides is 2. The second-order valence-electron chi connectivity index (χ2n) is 5.03. The number of hydrogen-bond acceptors (Lipinski definition) is 3. The van der Waals surface area contributed by atoms with Gasteiger partial charge in [-0.2, -0.15) is 0 Å². The van der Waals surface area contributed by atoms with Crippen LogP contribution >= 0.6 is 0 Å². The second-order valence-corrected chi connectivity index (χ2v) is 5.03. The maximum Gasteiger partial charge on any atom is 0.248 e. The molecule has 1 fully saturated rings. The molecule has 3 N–H and O–H groups in total. The number of amides is 1. The fourth-order valence-electron chi connectivity index (χ4n) is 2.25. The molecule has 1 aliphatic rings. The lowest BCUT2D eigenvalue weighted by atomic mass is 9.86. The predicted octanol–water partition coefficient (Wildman–Crippen LogP) is 2.16. The molecule has 0 spiro atoms. The lowest BCUT2D eigenvalue weighted by Crippen LogP contribution is -2.32. The maximum atomic E-state index is 13.1. The van der Waals surface area contributed by atoms with E-state index in [-0.39, 0.29) is 44.1 Å². The summed E-state index contributed by atoms with van der Waals surface area (Å²) in [6.07, 6.45) is -0.0714. The molecule has 1 heterocycles. The molecule has 0 bridgehead atoms. The molecule has 1 saturated carbocycles. The number of nitrogens with one attached hydrogen (secondary N) is 1. The van der Waals surface area contributed by atoms with Crippen LogP contribution in [-0.4, -0.2) is 23.4 Å². The number of carbonyl (C=O) groups is 1. The fourth-order valence-corrected chi connectivity index (χ4v) is 2.25. The molecule has 112 valence electrons. The molecule has 2 rings (SSSR count). The van der Waals surface area contributed by atoms with Gasteiger partial charge in [-0.15, -0.1) is 0 Å². The molecule has 0 aromatic carbocycles. The van der Waals surface area contributed by atoms with E-state index in [0.717, 1.165) is 0 Å². The molecular weight excluding hydrogens is 276 g/mol. The highest BCUT2D eigenvalue weighted by Gasteiger charge is 2.37. The van der Waals surface area contributed by atoms with Gasteiger partial charge in [-0.1, -0.05) is 12.0 Å². The monoisotopic (exact) mass is 293 g/mol. The van der Waals surface area contributed by atoms with Gasteiger partial charge in [-0.3, -0.25) is 4.79 Å². The van der Waals surface area contributed by atoms with Crippen molar-refractivity contribution in [3.05, 3.63) is 23.9 Å². The highest BCUT2D eigenvalue weighted by atomic mass is 19.3. The van der Waals surface area contributed by atoms with E-state index < -0.39 is 5.92 Å². The number of pyridine rings is 1. The summed E-state index contributed by atoms with van der Waals surface area (Å²) in [7, 11) is 0. The normalized spacial score (nSPS) is 17.7. The summed E-state index contributed by atoms with van der Waals surface area (Å²) >= 11 is 0. The van der Waals surface area contributed by atoms with Crippen molar-refractivity contribution in [1.82, 2.24) is 4.98 Å². The van der Waals surface area contributed by atoms with Crippen molar-refractivity contribution in [3.63, 3.8) is 0 Å². The number of anilines is 1. The molecule has 1 aromatic rings. The van der Waals surface area contributed by atoms with Gasteiger partial charge in [0, 0.05) is 18.8 Å². The van der Waals surface area contributed by atoms with Crippen molar-refractivity contribution in [3.8, 4) is 11.8 Å². The minimum atomic E-state index is -2.63. The topological polar surface area (TPSA) is 68.0 Å². The summed E-state index contributed by atoms with van der Waals surface area (Å²) in [4.78, 5) is 16.2. The quantitative estimate of drug-likeness (QED) is 0.821. The molecule has 6 heteroatoms. The zero-order valence-corrected chi connectivity index (χ0v) is 11.5. The van der Waals surface area contributed by atoms with Crippen molar-refractivity contribution >= 4 is 11.7 Å². The summed E-state index contributed by atoms with van der Waals surface area (Å²) in [5, 5.41) is 2.66. The van der Waals surface area contributed by atoms with Crippen LogP contribution in [0.25, 0.3) is 0 Å². The van der Waals surface area contributed by atoms with E-state index in [0.29, 0.717) is 11.5 Å². The molecule has 0 atom stereocenters. The molecule has 0 unspecified atom stereocenters. The van der Waals surface area contributed by atoms with Gasteiger partial charge in [0.1, 0.15) is 11.5 Å². The first-order valence-corrected chi connectivity index (χ1v) is 6.85. The Bertz CT molecular complexity index is 568. The van der Waals surface area contributed by atoms with Crippen LogP contribution in [0.3, 0.4) is 0 Å². The lowest BCUT2D eigenvalue weighted by Gasteiger charge is -2.27. The summed E-state index contributed by atoms with van der Waals surface area (Å²) in [5.41, 5.74) is 5.79. The second kappa shape index (κ2) is 6.64. The van der Waals surface area contributed by atoms with E-state index in [1.54, 1.807) is 18.2 Å². The summed E-state index contributed by atoms with van der Waals surface area (Å²) in [6, 6.07) is 5.07. The third kappa shape index (κ3) is 4.50. The van der Waals surface area contributed by atoms with E-state index in [1.807, 2.05) is 0 Å². The SMILES string of the molecule is NCC#Cc1cccc(NC(=O)C2CCC(F)(F)CC2)n1. The molecule has 21 heavy (non-hydrogen) atoms. The Morgan fingerprint density at radius 1 is 1.43 bits per heavy atom. The van der Waals surface area contributed by atoms with Crippen molar-refractivity contribution in [1.29, 1.82) is 0 Å². The van der Waals surface area contributed by atoms with Gasteiger partial charge >= 0.3 is 0 Å².